The number of methoxy groups -OCH3 is 1. The SMILES string of the molecule is CCNC(=NCc1cc(OC)ccc1O)NCc1cccc(OCC)c1OC(F)F.I. The second kappa shape index (κ2) is 13.7. The van der Waals surface area contributed by atoms with Crippen LogP contribution in [-0.2, 0) is 13.1 Å². The Morgan fingerprint density at radius 1 is 1.13 bits per heavy atom. The van der Waals surface area contributed by atoms with E-state index in [9.17, 15) is 13.9 Å². The van der Waals surface area contributed by atoms with Crippen molar-refractivity contribution in [1.82, 2.24) is 10.6 Å². The number of aromatic hydroxyl groups is 1. The van der Waals surface area contributed by atoms with Gasteiger partial charge in [-0.05, 0) is 38.1 Å². The molecule has 172 valence electrons. The van der Waals surface area contributed by atoms with Crippen LogP contribution in [0.3, 0.4) is 0 Å². The molecule has 0 saturated carbocycles. The number of hydrogen-bond donors (Lipinski definition) is 3. The first kappa shape index (κ1) is 26.5. The van der Waals surface area contributed by atoms with Crippen LogP contribution in [0.4, 0.5) is 8.78 Å². The molecule has 31 heavy (non-hydrogen) atoms. The number of halogens is 3. The van der Waals surface area contributed by atoms with Crippen molar-refractivity contribution in [3.8, 4) is 23.0 Å². The zero-order valence-electron chi connectivity index (χ0n) is 17.7. The highest BCUT2D eigenvalue weighted by Gasteiger charge is 2.16. The third-order valence-corrected chi connectivity index (χ3v) is 4.05. The Balaban J connectivity index is 0.00000480. The van der Waals surface area contributed by atoms with Crippen molar-refractivity contribution in [2.45, 2.75) is 33.5 Å². The molecule has 0 saturated heterocycles. The minimum absolute atomic E-state index is 0. The maximum atomic E-state index is 12.9. The van der Waals surface area contributed by atoms with Crippen LogP contribution in [0.2, 0.25) is 0 Å². The molecule has 0 radical (unpaired) electrons. The van der Waals surface area contributed by atoms with Crippen LogP contribution in [0.1, 0.15) is 25.0 Å². The van der Waals surface area contributed by atoms with Crippen molar-refractivity contribution in [2.75, 3.05) is 20.3 Å². The lowest BCUT2D eigenvalue weighted by Crippen LogP contribution is -2.36. The Morgan fingerprint density at radius 2 is 1.90 bits per heavy atom. The van der Waals surface area contributed by atoms with Crippen molar-refractivity contribution >= 4 is 29.9 Å². The van der Waals surface area contributed by atoms with E-state index in [1.165, 1.54) is 6.07 Å². The number of aliphatic imine (C=N–C) groups is 1. The lowest BCUT2D eigenvalue weighted by atomic mass is 10.2. The summed E-state index contributed by atoms with van der Waals surface area (Å²) >= 11 is 0. The number of nitrogens with one attached hydrogen (secondary N) is 2. The first-order chi connectivity index (χ1) is 14.5. The Kier molecular flexibility index (Phi) is 11.8. The Morgan fingerprint density at radius 3 is 2.55 bits per heavy atom. The molecule has 10 heteroatoms. The molecule has 2 aromatic rings. The van der Waals surface area contributed by atoms with Crippen molar-refractivity contribution in [3.63, 3.8) is 0 Å². The number of phenols is 1. The normalized spacial score (nSPS) is 11.0. The van der Waals surface area contributed by atoms with Gasteiger partial charge in [0, 0.05) is 24.2 Å². The van der Waals surface area contributed by atoms with Crippen LogP contribution in [0.15, 0.2) is 41.4 Å². The fraction of sp³-hybridized carbons (Fsp3) is 0.381. The second-order valence-electron chi connectivity index (χ2n) is 6.10. The van der Waals surface area contributed by atoms with E-state index in [-0.39, 0.29) is 54.3 Å². The van der Waals surface area contributed by atoms with Crippen LogP contribution in [0.25, 0.3) is 0 Å². The number of phenolic OH excluding ortho intramolecular Hbond substituents is 1. The number of ether oxygens (including phenoxy) is 3. The van der Waals surface area contributed by atoms with Crippen molar-refractivity contribution < 1.29 is 28.1 Å². The van der Waals surface area contributed by atoms with Gasteiger partial charge in [-0.2, -0.15) is 8.78 Å². The van der Waals surface area contributed by atoms with Crippen LogP contribution in [0.5, 0.6) is 23.0 Å². The van der Waals surface area contributed by atoms with Gasteiger partial charge >= 0.3 is 6.61 Å². The van der Waals surface area contributed by atoms with Crippen molar-refractivity contribution in [3.05, 3.63) is 47.5 Å². The summed E-state index contributed by atoms with van der Waals surface area (Å²) in [5, 5.41) is 16.2. The van der Waals surface area contributed by atoms with E-state index in [1.807, 2.05) is 6.92 Å². The molecule has 0 heterocycles. The third kappa shape index (κ3) is 8.27. The zero-order valence-corrected chi connectivity index (χ0v) is 20.0. The molecule has 0 amide bonds. The van der Waals surface area contributed by atoms with Gasteiger partial charge in [0.2, 0.25) is 0 Å². The summed E-state index contributed by atoms with van der Waals surface area (Å²) < 4.78 is 41.0. The lowest BCUT2D eigenvalue weighted by Gasteiger charge is -2.17. The van der Waals surface area contributed by atoms with Gasteiger partial charge in [0.05, 0.1) is 20.3 Å². The topological polar surface area (TPSA) is 84.3 Å². The molecule has 0 fully saturated rings. The van der Waals surface area contributed by atoms with E-state index >= 15 is 0 Å². The average molecular weight is 551 g/mol. The summed E-state index contributed by atoms with van der Waals surface area (Å²) in [6, 6.07) is 9.85. The largest absolute Gasteiger partial charge is 0.508 e. The van der Waals surface area contributed by atoms with E-state index in [1.54, 1.807) is 44.4 Å². The number of guanidine groups is 1. The number of alkyl halides is 2. The fourth-order valence-corrected chi connectivity index (χ4v) is 2.69. The zero-order chi connectivity index (χ0) is 21.9. The molecule has 3 N–H and O–H groups in total. The molecule has 2 aromatic carbocycles. The van der Waals surface area contributed by atoms with E-state index in [0.29, 0.717) is 36.0 Å². The number of para-hydroxylation sites is 1. The van der Waals surface area contributed by atoms with Gasteiger partial charge in [-0.1, -0.05) is 12.1 Å². The molecule has 2 rings (SSSR count). The first-order valence-electron chi connectivity index (χ1n) is 9.56. The fourth-order valence-electron chi connectivity index (χ4n) is 2.69. The molecular weight excluding hydrogens is 523 g/mol. The van der Waals surface area contributed by atoms with Crippen LogP contribution in [0, 0.1) is 0 Å². The van der Waals surface area contributed by atoms with Gasteiger partial charge in [-0.3, -0.25) is 0 Å². The highest BCUT2D eigenvalue weighted by molar-refractivity contribution is 14.0. The molecule has 0 atom stereocenters. The van der Waals surface area contributed by atoms with Crippen LogP contribution >= 0.6 is 24.0 Å². The summed E-state index contributed by atoms with van der Waals surface area (Å²) in [6.07, 6.45) is 0. The van der Waals surface area contributed by atoms with E-state index in [4.69, 9.17) is 9.47 Å². The quantitative estimate of drug-likeness (QED) is 0.233. The summed E-state index contributed by atoms with van der Waals surface area (Å²) in [5.41, 5.74) is 1.09. The van der Waals surface area contributed by atoms with E-state index in [0.717, 1.165) is 0 Å². The molecule has 0 aliphatic heterocycles. The molecule has 0 aliphatic rings. The predicted molar refractivity (Wildman–Crippen MR) is 126 cm³/mol. The number of rotatable bonds is 10. The monoisotopic (exact) mass is 551 g/mol. The minimum atomic E-state index is -2.97. The summed E-state index contributed by atoms with van der Waals surface area (Å²) in [7, 11) is 1.54. The Labute approximate surface area is 197 Å². The molecule has 0 bridgehead atoms. The summed E-state index contributed by atoms with van der Waals surface area (Å²) in [5.74, 6) is 1.40. The van der Waals surface area contributed by atoms with Gasteiger partial charge in [0.1, 0.15) is 11.5 Å². The number of hydrogen-bond acceptors (Lipinski definition) is 5. The van der Waals surface area contributed by atoms with Gasteiger partial charge in [0.15, 0.2) is 17.5 Å². The third-order valence-electron chi connectivity index (χ3n) is 4.05. The second-order valence-corrected chi connectivity index (χ2v) is 6.10. The standard InChI is InChI=1S/C21H27F2N3O4.HI/c1-4-24-21(26-13-15-11-16(28-3)9-10-17(15)27)25-12-14-7-6-8-18(29-5-2)19(14)30-20(22)23;/h6-11,20,27H,4-5,12-13H2,1-3H3,(H2,24,25,26);1H. The maximum Gasteiger partial charge on any atom is 0.387 e. The van der Waals surface area contributed by atoms with Gasteiger partial charge < -0.3 is 30.0 Å². The van der Waals surface area contributed by atoms with E-state index in [2.05, 4.69) is 20.4 Å². The molecule has 0 aliphatic carbocycles. The Bertz CT molecular complexity index is 853. The van der Waals surface area contributed by atoms with Gasteiger partial charge in [-0.25, -0.2) is 4.99 Å². The first-order valence-corrected chi connectivity index (χ1v) is 9.56. The molecule has 0 aromatic heterocycles. The molecule has 0 spiro atoms. The highest BCUT2D eigenvalue weighted by atomic mass is 127. The molecule has 7 nitrogen and oxygen atoms in total. The van der Waals surface area contributed by atoms with Crippen molar-refractivity contribution in [2.24, 2.45) is 4.99 Å². The Hall–Kier alpha value is -2.50. The van der Waals surface area contributed by atoms with Crippen molar-refractivity contribution in [1.29, 1.82) is 0 Å². The predicted octanol–water partition coefficient (Wildman–Crippen LogP) is 4.27. The van der Waals surface area contributed by atoms with Crippen LogP contribution < -0.4 is 24.8 Å². The average Bonchev–Trinajstić information content (AvgIpc) is 2.72. The van der Waals surface area contributed by atoms with E-state index < -0.39 is 6.61 Å². The summed E-state index contributed by atoms with van der Waals surface area (Å²) in [6.45, 7) is 1.99. The summed E-state index contributed by atoms with van der Waals surface area (Å²) in [4.78, 5) is 4.44. The molecular formula is C21H28F2IN3O4. The van der Waals surface area contributed by atoms with Gasteiger partial charge in [-0.15, -0.1) is 24.0 Å². The van der Waals surface area contributed by atoms with Crippen LogP contribution in [-0.4, -0.2) is 37.9 Å². The maximum absolute atomic E-state index is 12.9. The highest BCUT2D eigenvalue weighted by Crippen LogP contribution is 2.32. The smallest absolute Gasteiger partial charge is 0.387 e. The molecule has 0 unspecified atom stereocenters. The number of benzene rings is 2. The minimum Gasteiger partial charge on any atom is -0.508 e. The lowest BCUT2D eigenvalue weighted by molar-refractivity contribution is -0.0520. The van der Waals surface area contributed by atoms with Gasteiger partial charge in [0.25, 0.3) is 0 Å². The number of nitrogens with zero attached hydrogens (tertiary/aromatic N) is 1.